The second kappa shape index (κ2) is 9.51. The first-order chi connectivity index (χ1) is 14.3. The fourth-order valence-corrected chi connectivity index (χ4v) is 3.44. The van der Waals surface area contributed by atoms with Gasteiger partial charge >= 0.3 is 6.18 Å². The van der Waals surface area contributed by atoms with Crippen molar-refractivity contribution in [2.75, 3.05) is 11.0 Å². The van der Waals surface area contributed by atoms with E-state index in [9.17, 15) is 26.4 Å². The molecule has 0 unspecified atom stereocenters. The van der Waals surface area contributed by atoms with Gasteiger partial charge in [-0.2, -0.15) is 13.2 Å². The molecule has 0 saturated heterocycles. The van der Waals surface area contributed by atoms with Gasteiger partial charge in [0.2, 0.25) is 15.9 Å². The molecule has 2 N–H and O–H groups in total. The van der Waals surface area contributed by atoms with Gasteiger partial charge in [0, 0.05) is 12.6 Å². The molecule has 1 amide bonds. The summed E-state index contributed by atoms with van der Waals surface area (Å²) >= 11 is 0. The number of rotatable bonds is 7. The quantitative estimate of drug-likeness (QED) is 0.612. The number of carbonyl (C=O) groups excluding carboxylic acids is 1. The van der Waals surface area contributed by atoms with E-state index in [4.69, 9.17) is 0 Å². The van der Waals surface area contributed by atoms with Gasteiger partial charge in [0.15, 0.2) is 0 Å². The summed E-state index contributed by atoms with van der Waals surface area (Å²) in [5.41, 5.74) is 1.63. The highest BCUT2D eigenvalue weighted by molar-refractivity contribution is 7.92. The molecule has 0 fully saturated rings. The Bertz CT molecular complexity index is 1090. The molecule has 0 spiro atoms. The van der Waals surface area contributed by atoms with Crippen molar-refractivity contribution in [3.8, 4) is 0 Å². The largest absolute Gasteiger partial charge is 0.433 e. The van der Waals surface area contributed by atoms with Gasteiger partial charge in [-0.3, -0.25) is 9.52 Å². The average Bonchev–Trinajstić information content (AvgIpc) is 2.64. The number of sulfonamides is 1. The van der Waals surface area contributed by atoms with Crippen LogP contribution in [-0.2, 0) is 27.5 Å². The molecule has 0 atom stereocenters. The van der Waals surface area contributed by atoms with Crippen molar-refractivity contribution >= 4 is 27.7 Å². The topological polar surface area (TPSA) is 88.2 Å². The van der Waals surface area contributed by atoms with Crippen LogP contribution >= 0.6 is 0 Å². The third-order valence-electron chi connectivity index (χ3n) is 4.26. The van der Waals surface area contributed by atoms with Gasteiger partial charge in [0.1, 0.15) is 5.69 Å². The average molecular weight is 456 g/mol. The van der Waals surface area contributed by atoms with Gasteiger partial charge in [-0.05, 0) is 47.7 Å². The first-order valence-corrected chi connectivity index (χ1v) is 11.3. The Labute approximate surface area is 179 Å². The number of nitrogens with one attached hydrogen (secondary N) is 2. The highest BCUT2D eigenvalue weighted by Gasteiger charge is 2.33. The smallest absolute Gasteiger partial charge is 0.348 e. The number of alkyl halides is 3. The molecule has 0 aliphatic carbocycles. The molecule has 2 aromatic rings. The van der Waals surface area contributed by atoms with E-state index in [0.717, 1.165) is 17.9 Å². The molecule has 0 bridgehead atoms. The summed E-state index contributed by atoms with van der Waals surface area (Å²) in [5, 5.41) is 2.68. The molecular formula is C21H24F3N3O3S. The Morgan fingerprint density at radius 1 is 1.19 bits per heavy atom. The van der Waals surface area contributed by atoms with Crippen LogP contribution in [0.1, 0.15) is 47.8 Å². The van der Waals surface area contributed by atoms with Crippen molar-refractivity contribution in [3.63, 3.8) is 0 Å². The number of benzene rings is 1. The molecule has 10 heteroatoms. The van der Waals surface area contributed by atoms with E-state index in [1.54, 1.807) is 39.0 Å². The van der Waals surface area contributed by atoms with Crippen LogP contribution in [0.4, 0.5) is 18.9 Å². The monoisotopic (exact) mass is 455 g/mol. The Balaban J connectivity index is 2.07. The van der Waals surface area contributed by atoms with Crippen LogP contribution in [0.5, 0.6) is 0 Å². The van der Waals surface area contributed by atoms with Gasteiger partial charge in [0.25, 0.3) is 0 Å². The van der Waals surface area contributed by atoms with Gasteiger partial charge in [0.05, 0.1) is 17.6 Å². The summed E-state index contributed by atoms with van der Waals surface area (Å²) in [6.45, 7) is 5.39. The molecule has 0 aliphatic heterocycles. The summed E-state index contributed by atoms with van der Waals surface area (Å²) in [4.78, 5) is 15.8. The maximum atomic E-state index is 12.9. The second-order valence-electron chi connectivity index (χ2n) is 7.40. The Hall–Kier alpha value is -2.88. The first kappa shape index (κ1) is 24.4. The van der Waals surface area contributed by atoms with Crippen LogP contribution < -0.4 is 10.0 Å². The molecule has 1 aromatic heterocycles. The van der Waals surface area contributed by atoms with E-state index < -0.39 is 27.8 Å². The first-order valence-electron chi connectivity index (χ1n) is 9.37. The minimum atomic E-state index is -4.53. The molecule has 0 aliphatic rings. The molecule has 2 rings (SSSR count). The minimum Gasteiger partial charge on any atom is -0.348 e. The fraction of sp³-hybridized carbons (Fsp3) is 0.333. The number of pyridine rings is 1. The maximum Gasteiger partial charge on any atom is 0.433 e. The maximum absolute atomic E-state index is 12.9. The molecule has 1 aromatic carbocycles. The summed E-state index contributed by atoms with van der Waals surface area (Å²) in [7, 11) is -3.39. The molecule has 0 radical (unpaired) electrons. The Morgan fingerprint density at radius 3 is 2.42 bits per heavy atom. The number of hydrogen-bond donors (Lipinski definition) is 2. The van der Waals surface area contributed by atoms with Crippen LogP contribution in [0.25, 0.3) is 6.08 Å². The normalized spacial score (nSPS) is 12.4. The SMILES string of the molecule is Cc1cc(CNC(=O)C=Cc2ccc(C(F)(F)F)nc2C(C)C)ccc1NS(C)(=O)=O. The van der Waals surface area contributed by atoms with Gasteiger partial charge in [-0.15, -0.1) is 0 Å². The fourth-order valence-electron chi connectivity index (χ4n) is 2.81. The van der Waals surface area contributed by atoms with Crippen molar-refractivity contribution in [1.82, 2.24) is 10.3 Å². The second-order valence-corrected chi connectivity index (χ2v) is 9.15. The zero-order valence-electron chi connectivity index (χ0n) is 17.5. The molecule has 31 heavy (non-hydrogen) atoms. The number of carbonyl (C=O) groups is 1. The van der Waals surface area contributed by atoms with Crippen molar-refractivity contribution in [1.29, 1.82) is 0 Å². The Morgan fingerprint density at radius 2 is 1.87 bits per heavy atom. The van der Waals surface area contributed by atoms with Crippen molar-refractivity contribution in [2.24, 2.45) is 0 Å². The lowest BCUT2D eigenvalue weighted by Crippen LogP contribution is -2.20. The zero-order chi connectivity index (χ0) is 23.4. The lowest BCUT2D eigenvalue weighted by molar-refractivity contribution is -0.141. The zero-order valence-corrected chi connectivity index (χ0v) is 18.4. The minimum absolute atomic E-state index is 0.200. The lowest BCUT2D eigenvalue weighted by Gasteiger charge is -2.13. The number of aryl methyl sites for hydroxylation is 1. The van der Waals surface area contributed by atoms with Crippen molar-refractivity contribution in [2.45, 2.75) is 39.4 Å². The molecule has 6 nitrogen and oxygen atoms in total. The number of nitrogens with zero attached hydrogens (tertiary/aromatic N) is 1. The predicted molar refractivity (Wildman–Crippen MR) is 114 cm³/mol. The highest BCUT2D eigenvalue weighted by Crippen LogP contribution is 2.30. The third kappa shape index (κ3) is 7.39. The number of aromatic nitrogens is 1. The number of amides is 1. The predicted octanol–water partition coefficient (Wildman–Crippen LogP) is 4.23. The van der Waals surface area contributed by atoms with Gasteiger partial charge < -0.3 is 5.32 Å². The molecule has 1 heterocycles. The summed E-state index contributed by atoms with van der Waals surface area (Å²) in [6.07, 6.45) is -0.803. The van der Waals surface area contributed by atoms with Crippen LogP contribution in [0, 0.1) is 6.92 Å². The van der Waals surface area contributed by atoms with E-state index >= 15 is 0 Å². The van der Waals surface area contributed by atoms with E-state index in [0.29, 0.717) is 16.8 Å². The number of halogens is 3. The lowest BCUT2D eigenvalue weighted by atomic mass is 10.0. The third-order valence-corrected chi connectivity index (χ3v) is 4.85. The number of anilines is 1. The molecular weight excluding hydrogens is 431 g/mol. The Kier molecular flexibility index (Phi) is 7.48. The van der Waals surface area contributed by atoms with Gasteiger partial charge in [-0.25, -0.2) is 13.4 Å². The number of hydrogen-bond acceptors (Lipinski definition) is 4. The standard InChI is InChI=1S/C21H24F3N3O3S/c1-13(2)20-16(6-9-18(26-20)21(22,23)24)7-10-19(28)25-12-15-5-8-17(14(3)11-15)27-31(4,29)30/h5-11,13,27H,12H2,1-4H3,(H,25,28). The van der Waals surface area contributed by atoms with E-state index in [1.165, 1.54) is 18.2 Å². The van der Waals surface area contributed by atoms with Gasteiger partial charge in [-0.1, -0.05) is 32.0 Å². The van der Waals surface area contributed by atoms with E-state index in [-0.39, 0.29) is 18.2 Å². The molecule has 0 saturated carbocycles. The van der Waals surface area contributed by atoms with Crippen LogP contribution in [-0.4, -0.2) is 25.6 Å². The summed E-state index contributed by atoms with van der Waals surface area (Å²) in [6, 6.07) is 7.22. The van der Waals surface area contributed by atoms with Crippen LogP contribution in [0.15, 0.2) is 36.4 Å². The van der Waals surface area contributed by atoms with Crippen LogP contribution in [0.3, 0.4) is 0 Å². The van der Waals surface area contributed by atoms with Crippen molar-refractivity contribution < 1.29 is 26.4 Å². The van der Waals surface area contributed by atoms with E-state index in [1.807, 2.05) is 0 Å². The summed E-state index contributed by atoms with van der Waals surface area (Å²) in [5.74, 6) is -0.683. The van der Waals surface area contributed by atoms with Crippen LogP contribution in [0.2, 0.25) is 0 Å². The summed E-state index contributed by atoms with van der Waals surface area (Å²) < 4.78 is 63.8. The van der Waals surface area contributed by atoms with E-state index in [2.05, 4.69) is 15.0 Å². The molecule has 168 valence electrons. The highest BCUT2D eigenvalue weighted by atomic mass is 32.2. The van der Waals surface area contributed by atoms with Crippen molar-refractivity contribution in [3.05, 3.63) is 64.5 Å².